The molecule has 0 N–H and O–H groups in total. The first-order valence-electron chi connectivity index (χ1n) is 8.45. The quantitative estimate of drug-likeness (QED) is 0.526. The minimum Gasteiger partial charge on any atom is -0.497 e. The van der Waals surface area contributed by atoms with E-state index in [-0.39, 0.29) is 0 Å². The fraction of sp³-hybridized carbons (Fsp3) is 0.300. The molecular weight excluding hydrogens is 316 g/mol. The molecule has 3 heterocycles. The number of methoxy groups -OCH3 is 1. The molecule has 2 aromatic carbocycles. The van der Waals surface area contributed by atoms with Crippen molar-refractivity contribution in [3.8, 4) is 5.75 Å². The maximum absolute atomic E-state index is 5.48. The van der Waals surface area contributed by atoms with Crippen LogP contribution in [0.3, 0.4) is 0 Å². The van der Waals surface area contributed by atoms with Gasteiger partial charge in [0.05, 0.1) is 22.8 Å². The van der Waals surface area contributed by atoms with Crippen LogP contribution in [0.2, 0.25) is 0 Å². The van der Waals surface area contributed by atoms with Gasteiger partial charge in [-0.1, -0.05) is 29.7 Å². The maximum atomic E-state index is 5.48. The topological polar surface area (TPSA) is 16.9 Å². The summed E-state index contributed by atoms with van der Waals surface area (Å²) in [6, 6.07) is 15.3. The number of ether oxygens (including phenoxy) is 1. The number of likely N-dealkylation sites (tertiary alicyclic amines) is 1. The maximum Gasteiger partial charge on any atom is 0.121 e. The van der Waals surface area contributed by atoms with Gasteiger partial charge in [-0.15, -0.1) is 0 Å². The number of hydrogen-bond acceptors (Lipinski definition) is 3. The van der Waals surface area contributed by atoms with Crippen molar-refractivity contribution in [3.63, 3.8) is 0 Å². The van der Waals surface area contributed by atoms with Crippen LogP contribution in [0.5, 0.6) is 5.75 Å². The lowest BCUT2D eigenvalue weighted by Crippen LogP contribution is -2.13. The summed E-state index contributed by atoms with van der Waals surface area (Å²) in [5, 5.41) is 2.76. The van der Waals surface area contributed by atoms with Crippen LogP contribution >= 0.6 is 11.5 Å². The zero-order valence-corrected chi connectivity index (χ0v) is 14.8. The van der Waals surface area contributed by atoms with Crippen molar-refractivity contribution in [1.82, 2.24) is 8.69 Å². The highest BCUT2D eigenvalue weighted by Crippen LogP contribution is 2.43. The van der Waals surface area contributed by atoms with E-state index in [0.29, 0.717) is 5.92 Å². The van der Waals surface area contributed by atoms with Crippen molar-refractivity contribution in [3.05, 3.63) is 48.0 Å². The number of fused-ring (bicyclic) bond motifs is 5. The standard InChI is InChI=1S/C20H20N2OS/c1-21-10-9-13(12-21)19-15-8-7-14(23-2)11-17(15)22-20(19)16-5-3-4-6-18(16)24-22/h3-8,11,13H,9-10,12H2,1-2H3. The Morgan fingerprint density at radius 2 is 2.00 bits per heavy atom. The molecule has 1 saturated heterocycles. The van der Waals surface area contributed by atoms with Crippen LogP contribution in [0.15, 0.2) is 42.5 Å². The van der Waals surface area contributed by atoms with Crippen molar-refractivity contribution in [2.45, 2.75) is 12.3 Å². The van der Waals surface area contributed by atoms with Crippen LogP contribution in [0, 0.1) is 0 Å². The molecule has 0 aliphatic carbocycles. The molecule has 1 unspecified atom stereocenters. The van der Waals surface area contributed by atoms with Gasteiger partial charge >= 0.3 is 0 Å². The third-order valence-electron chi connectivity index (χ3n) is 5.30. The number of rotatable bonds is 2. The normalized spacial score (nSPS) is 19.0. The zero-order chi connectivity index (χ0) is 16.3. The number of likely N-dealkylation sites (N-methyl/N-ethyl adjacent to an activating group) is 1. The largest absolute Gasteiger partial charge is 0.497 e. The zero-order valence-electron chi connectivity index (χ0n) is 14.0. The highest BCUT2D eigenvalue weighted by Gasteiger charge is 2.28. The lowest BCUT2D eigenvalue weighted by molar-refractivity contribution is 0.412. The molecule has 0 saturated carbocycles. The summed E-state index contributed by atoms with van der Waals surface area (Å²) in [7, 11) is 3.97. The third-order valence-corrected chi connectivity index (χ3v) is 6.42. The van der Waals surface area contributed by atoms with E-state index in [1.165, 1.54) is 45.0 Å². The number of hydrogen-bond donors (Lipinski definition) is 0. The molecule has 24 heavy (non-hydrogen) atoms. The van der Waals surface area contributed by atoms with Gasteiger partial charge in [0.15, 0.2) is 0 Å². The predicted molar refractivity (Wildman–Crippen MR) is 102 cm³/mol. The SMILES string of the molecule is COc1ccc2c(C3CCN(C)C3)c3c4ccccc4sn3c2c1. The molecule has 4 heteroatoms. The van der Waals surface area contributed by atoms with Crippen LogP contribution in [-0.2, 0) is 0 Å². The van der Waals surface area contributed by atoms with Crippen molar-refractivity contribution in [1.29, 1.82) is 0 Å². The fourth-order valence-electron chi connectivity index (χ4n) is 4.17. The van der Waals surface area contributed by atoms with E-state index in [1.54, 1.807) is 7.11 Å². The van der Waals surface area contributed by atoms with Gasteiger partial charge in [-0.3, -0.25) is 3.79 Å². The molecule has 1 atom stereocenters. The Morgan fingerprint density at radius 3 is 2.79 bits per heavy atom. The summed E-state index contributed by atoms with van der Waals surface area (Å²) >= 11 is 1.84. The second kappa shape index (κ2) is 5.23. The molecule has 0 bridgehead atoms. The third kappa shape index (κ3) is 1.93. The Kier molecular flexibility index (Phi) is 3.12. The van der Waals surface area contributed by atoms with Crippen molar-refractivity contribution < 1.29 is 4.74 Å². The van der Waals surface area contributed by atoms with Gasteiger partial charge in [-0.25, -0.2) is 0 Å². The van der Waals surface area contributed by atoms with E-state index in [2.05, 4.69) is 58.2 Å². The van der Waals surface area contributed by atoms with E-state index < -0.39 is 0 Å². The van der Waals surface area contributed by atoms with Gasteiger partial charge < -0.3 is 9.64 Å². The van der Waals surface area contributed by atoms with Crippen LogP contribution < -0.4 is 4.74 Å². The van der Waals surface area contributed by atoms with Crippen molar-refractivity contribution in [2.75, 3.05) is 27.2 Å². The Bertz CT molecular complexity index is 1060. The van der Waals surface area contributed by atoms with E-state index in [0.717, 1.165) is 12.3 Å². The summed E-state index contributed by atoms with van der Waals surface area (Å²) in [5.74, 6) is 1.53. The van der Waals surface area contributed by atoms with Gasteiger partial charge in [0.2, 0.25) is 0 Å². The Hall–Kier alpha value is -2.04. The molecule has 5 rings (SSSR count). The van der Waals surface area contributed by atoms with Crippen LogP contribution in [0.1, 0.15) is 17.9 Å². The minimum absolute atomic E-state index is 0.605. The molecule has 4 aromatic rings. The highest BCUT2D eigenvalue weighted by molar-refractivity contribution is 7.14. The van der Waals surface area contributed by atoms with Crippen molar-refractivity contribution in [2.24, 2.45) is 0 Å². The van der Waals surface area contributed by atoms with Crippen LogP contribution in [0.25, 0.3) is 26.5 Å². The molecule has 0 amide bonds. The highest BCUT2D eigenvalue weighted by atomic mass is 32.1. The first kappa shape index (κ1) is 14.3. The fourth-order valence-corrected chi connectivity index (χ4v) is 5.30. The summed E-state index contributed by atoms with van der Waals surface area (Å²) in [5.41, 5.74) is 4.20. The summed E-state index contributed by atoms with van der Waals surface area (Å²) in [6.45, 7) is 2.33. The molecule has 0 radical (unpaired) electrons. The first-order chi connectivity index (χ1) is 11.8. The van der Waals surface area contributed by atoms with E-state index in [1.807, 2.05) is 11.5 Å². The predicted octanol–water partition coefficient (Wildman–Crippen LogP) is 4.73. The van der Waals surface area contributed by atoms with Crippen LogP contribution in [0.4, 0.5) is 0 Å². The summed E-state index contributed by atoms with van der Waals surface area (Å²) in [6.07, 6.45) is 1.24. The number of aromatic nitrogens is 1. The second-order valence-electron chi connectivity index (χ2n) is 6.78. The number of nitrogens with zero attached hydrogens (tertiary/aromatic N) is 2. The molecule has 1 aliphatic rings. The average molecular weight is 336 g/mol. The monoisotopic (exact) mass is 336 g/mol. The summed E-state index contributed by atoms with van der Waals surface area (Å²) < 4.78 is 9.24. The first-order valence-corrected chi connectivity index (χ1v) is 9.22. The average Bonchev–Trinajstić information content (AvgIpc) is 3.27. The van der Waals surface area contributed by atoms with E-state index in [9.17, 15) is 0 Å². The van der Waals surface area contributed by atoms with Gasteiger partial charge in [0.25, 0.3) is 0 Å². The molecule has 2 aromatic heterocycles. The van der Waals surface area contributed by atoms with Gasteiger partial charge in [-0.2, -0.15) is 0 Å². The number of benzene rings is 2. The lowest BCUT2D eigenvalue weighted by atomic mass is 9.95. The van der Waals surface area contributed by atoms with Gasteiger partial charge in [0.1, 0.15) is 5.75 Å². The molecule has 1 fully saturated rings. The molecule has 122 valence electrons. The smallest absolute Gasteiger partial charge is 0.121 e. The van der Waals surface area contributed by atoms with Crippen LogP contribution in [-0.4, -0.2) is 35.9 Å². The molecule has 1 aliphatic heterocycles. The molecule has 0 spiro atoms. The second-order valence-corrected chi connectivity index (χ2v) is 7.76. The van der Waals surface area contributed by atoms with E-state index in [4.69, 9.17) is 4.74 Å². The Labute approximate surface area is 145 Å². The Morgan fingerprint density at radius 1 is 1.12 bits per heavy atom. The molecular formula is C20H20N2OS. The van der Waals surface area contributed by atoms with Gasteiger partial charge in [-0.05, 0) is 43.8 Å². The molecule has 3 nitrogen and oxygen atoms in total. The lowest BCUT2D eigenvalue weighted by Gasteiger charge is -2.11. The summed E-state index contributed by atoms with van der Waals surface area (Å²) in [4.78, 5) is 2.44. The van der Waals surface area contributed by atoms with Crippen molar-refractivity contribution >= 4 is 38.0 Å². The minimum atomic E-state index is 0.605. The van der Waals surface area contributed by atoms with Gasteiger partial charge in [0, 0.05) is 29.3 Å². The van der Waals surface area contributed by atoms with E-state index >= 15 is 0 Å². The Balaban J connectivity index is 1.91.